The number of carbonyl (C=O) groups is 2. The molecule has 9 nitrogen and oxygen atoms in total. The van der Waals surface area contributed by atoms with Crippen molar-refractivity contribution in [3.63, 3.8) is 0 Å². The number of aliphatic hydroxyl groups is 1. The predicted octanol–water partition coefficient (Wildman–Crippen LogP) is 1.06. The van der Waals surface area contributed by atoms with Crippen LogP contribution in [-0.4, -0.2) is 39.5 Å². The molecule has 3 aromatic heterocycles. The van der Waals surface area contributed by atoms with Gasteiger partial charge in [-0.05, 0) is 13.8 Å². The number of nitrogens with one attached hydrogen (secondary N) is 1. The molecule has 0 aliphatic heterocycles. The van der Waals surface area contributed by atoms with E-state index in [0.29, 0.717) is 29.2 Å². The smallest absolute Gasteiger partial charge is 0.256 e. The molecule has 0 saturated heterocycles. The molecule has 0 aliphatic rings. The van der Waals surface area contributed by atoms with E-state index in [1.54, 1.807) is 18.5 Å². The summed E-state index contributed by atoms with van der Waals surface area (Å²) in [5, 5.41) is 12.1. The summed E-state index contributed by atoms with van der Waals surface area (Å²) in [5.74, 6) is -0.749. The van der Waals surface area contributed by atoms with Gasteiger partial charge in [0.15, 0.2) is 5.58 Å². The normalized spacial score (nSPS) is 12.1. The molecule has 0 bridgehead atoms. The fourth-order valence-corrected chi connectivity index (χ4v) is 3.20. The molecule has 0 fully saturated rings. The first kappa shape index (κ1) is 18.8. The number of carbonyl (C=O) groups excluding carboxylic acids is 2. The van der Waals surface area contributed by atoms with Gasteiger partial charge >= 0.3 is 0 Å². The number of amides is 2. The molecule has 0 aliphatic carbocycles. The second kappa shape index (κ2) is 7.72. The first-order valence-electron chi connectivity index (χ1n) is 8.02. The van der Waals surface area contributed by atoms with Gasteiger partial charge < -0.3 is 25.3 Å². The van der Waals surface area contributed by atoms with Crippen molar-refractivity contribution in [1.82, 2.24) is 15.3 Å². The maximum absolute atomic E-state index is 12.6. The Morgan fingerprint density at radius 2 is 2.19 bits per heavy atom. The molecule has 142 valence electrons. The fraction of sp³-hybridized carbons (Fsp3) is 0.294. The van der Waals surface area contributed by atoms with E-state index < -0.39 is 24.5 Å². The average molecular weight is 390 g/mol. The van der Waals surface area contributed by atoms with E-state index >= 15 is 0 Å². The van der Waals surface area contributed by atoms with Crippen molar-refractivity contribution in [2.75, 3.05) is 6.61 Å². The Balaban J connectivity index is 1.87. The highest BCUT2D eigenvalue weighted by atomic mass is 32.1. The zero-order chi connectivity index (χ0) is 19.6. The maximum atomic E-state index is 12.6. The van der Waals surface area contributed by atoms with E-state index in [2.05, 4.69) is 15.3 Å². The molecule has 0 saturated carbocycles. The first-order valence-corrected chi connectivity index (χ1v) is 8.90. The number of aromatic nitrogens is 2. The fourth-order valence-electron chi connectivity index (χ4n) is 2.51. The number of hydrogen-bond donors (Lipinski definition) is 3. The van der Waals surface area contributed by atoms with Crippen LogP contribution < -0.4 is 15.8 Å². The number of aliphatic hydroxyl groups excluding tert-OH is 1. The third kappa shape index (κ3) is 3.91. The predicted molar refractivity (Wildman–Crippen MR) is 97.5 cm³/mol. The van der Waals surface area contributed by atoms with Crippen LogP contribution >= 0.6 is 11.3 Å². The highest BCUT2D eigenvalue weighted by molar-refractivity contribution is 7.09. The summed E-state index contributed by atoms with van der Waals surface area (Å²) in [7, 11) is 0. The van der Waals surface area contributed by atoms with Crippen LogP contribution in [0.15, 0.2) is 22.2 Å². The van der Waals surface area contributed by atoms with Crippen molar-refractivity contribution in [3.8, 4) is 5.88 Å². The van der Waals surface area contributed by atoms with Crippen LogP contribution in [0.3, 0.4) is 0 Å². The van der Waals surface area contributed by atoms with Crippen LogP contribution in [0, 0.1) is 13.8 Å². The van der Waals surface area contributed by atoms with Crippen LogP contribution in [0.25, 0.3) is 11.0 Å². The second-order valence-corrected chi connectivity index (χ2v) is 6.75. The van der Waals surface area contributed by atoms with Crippen molar-refractivity contribution in [2.45, 2.75) is 26.5 Å². The Hall–Kier alpha value is -2.98. The lowest BCUT2D eigenvalue weighted by molar-refractivity contribution is -0.120. The van der Waals surface area contributed by atoms with Crippen molar-refractivity contribution in [2.24, 2.45) is 5.73 Å². The second-order valence-electron chi connectivity index (χ2n) is 5.81. The number of aryl methyl sites for hydroxylation is 2. The number of furan rings is 1. The highest BCUT2D eigenvalue weighted by Crippen LogP contribution is 2.28. The minimum atomic E-state index is -1.19. The SMILES string of the molecule is Cc1ncsc1COc1cc2c(C(=O)NC(CO)C(N)=O)c(C)oc2cn1. The summed E-state index contributed by atoms with van der Waals surface area (Å²) in [6.45, 7) is 3.22. The van der Waals surface area contributed by atoms with Crippen molar-refractivity contribution in [3.05, 3.63) is 39.7 Å². The van der Waals surface area contributed by atoms with Gasteiger partial charge in [-0.2, -0.15) is 0 Å². The summed E-state index contributed by atoms with van der Waals surface area (Å²) < 4.78 is 11.3. The Morgan fingerprint density at radius 3 is 2.81 bits per heavy atom. The molecule has 3 heterocycles. The molecular formula is C17H18N4O5S. The topological polar surface area (TPSA) is 141 Å². The summed E-state index contributed by atoms with van der Waals surface area (Å²) in [6.07, 6.45) is 1.46. The van der Waals surface area contributed by atoms with Crippen molar-refractivity contribution in [1.29, 1.82) is 0 Å². The van der Waals surface area contributed by atoms with Gasteiger partial charge in [0.25, 0.3) is 5.91 Å². The van der Waals surface area contributed by atoms with E-state index in [1.165, 1.54) is 17.5 Å². The van der Waals surface area contributed by atoms with E-state index in [0.717, 1.165) is 10.6 Å². The first-order chi connectivity index (χ1) is 12.9. The summed E-state index contributed by atoms with van der Waals surface area (Å²) in [5.41, 5.74) is 8.41. The molecule has 3 aromatic rings. The zero-order valence-corrected chi connectivity index (χ0v) is 15.5. The van der Waals surface area contributed by atoms with Crippen LogP contribution in [0.5, 0.6) is 5.88 Å². The molecule has 4 N–H and O–H groups in total. The number of fused-ring (bicyclic) bond motifs is 1. The molecule has 0 spiro atoms. The molecule has 0 radical (unpaired) electrons. The van der Waals surface area contributed by atoms with Crippen LogP contribution in [-0.2, 0) is 11.4 Å². The van der Waals surface area contributed by atoms with Gasteiger partial charge in [0.1, 0.15) is 18.4 Å². The lowest BCUT2D eigenvalue weighted by atomic mass is 10.1. The Bertz CT molecular complexity index is 997. The van der Waals surface area contributed by atoms with E-state index in [4.69, 9.17) is 14.9 Å². The maximum Gasteiger partial charge on any atom is 0.256 e. The van der Waals surface area contributed by atoms with Crippen molar-refractivity contribution < 1.29 is 23.8 Å². The number of thiazole rings is 1. The third-order valence-corrected chi connectivity index (χ3v) is 4.89. The van der Waals surface area contributed by atoms with Gasteiger partial charge in [-0.1, -0.05) is 0 Å². The Morgan fingerprint density at radius 1 is 1.41 bits per heavy atom. The Labute approximate surface area is 158 Å². The zero-order valence-electron chi connectivity index (χ0n) is 14.7. The molecule has 3 rings (SSSR count). The minimum Gasteiger partial charge on any atom is -0.472 e. The van der Waals surface area contributed by atoms with Gasteiger partial charge in [0, 0.05) is 11.5 Å². The molecule has 27 heavy (non-hydrogen) atoms. The van der Waals surface area contributed by atoms with Gasteiger partial charge in [0.2, 0.25) is 11.8 Å². The number of rotatable bonds is 7. The van der Waals surface area contributed by atoms with E-state index in [9.17, 15) is 14.7 Å². The molecular weight excluding hydrogens is 372 g/mol. The van der Waals surface area contributed by atoms with Crippen LogP contribution in [0.1, 0.15) is 26.7 Å². The third-order valence-electron chi connectivity index (χ3n) is 3.98. The Kier molecular flexibility index (Phi) is 5.38. The monoisotopic (exact) mass is 390 g/mol. The van der Waals surface area contributed by atoms with Gasteiger partial charge in [-0.15, -0.1) is 11.3 Å². The molecule has 1 atom stereocenters. The number of nitrogens with two attached hydrogens (primary N) is 1. The van der Waals surface area contributed by atoms with Crippen LogP contribution in [0.4, 0.5) is 0 Å². The van der Waals surface area contributed by atoms with Gasteiger partial charge in [-0.25, -0.2) is 9.97 Å². The molecule has 2 amide bonds. The number of hydrogen-bond acceptors (Lipinski definition) is 8. The standard InChI is InChI=1S/C17H18N4O5S/c1-8-13(27-7-20-8)6-25-14-3-10-12(4-19-14)26-9(2)15(10)17(24)21-11(5-22)16(18)23/h3-4,7,11,22H,5-6H2,1-2H3,(H2,18,23)(H,21,24). The van der Waals surface area contributed by atoms with Crippen LogP contribution in [0.2, 0.25) is 0 Å². The number of pyridine rings is 1. The largest absolute Gasteiger partial charge is 0.472 e. The number of ether oxygens (including phenoxy) is 1. The quantitative estimate of drug-likeness (QED) is 0.548. The molecule has 0 aromatic carbocycles. The van der Waals surface area contributed by atoms with Crippen molar-refractivity contribution >= 4 is 34.1 Å². The molecule has 1 unspecified atom stereocenters. The minimum absolute atomic E-state index is 0.228. The lowest BCUT2D eigenvalue weighted by Crippen LogP contribution is -2.46. The summed E-state index contributed by atoms with van der Waals surface area (Å²) in [6, 6.07) is 0.406. The summed E-state index contributed by atoms with van der Waals surface area (Å²) >= 11 is 1.48. The average Bonchev–Trinajstić information content (AvgIpc) is 3.18. The lowest BCUT2D eigenvalue weighted by Gasteiger charge is -2.12. The van der Waals surface area contributed by atoms with E-state index in [-0.39, 0.29) is 5.56 Å². The van der Waals surface area contributed by atoms with E-state index in [1.807, 2.05) is 6.92 Å². The summed E-state index contributed by atoms with van der Waals surface area (Å²) in [4.78, 5) is 33.1. The highest BCUT2D eigenvalue weighted by Gasteiger charge is 2.24. The number of nitrogens with zero attached hydrogens (tertiary/aromatic N) is 2. The van der Waals surface area contributed by atoms with Gasteiger partial charge in [-0.3, -0.25) is 9.59 Å². The molecule has 10 heteroatoms. The number of primary amides is 1. The van der Waals surface area contributed by atoms with Gasteiger partial charge in [0.05, 0.1) is 34.4 Å².